The number of rotatable bonds is 2. The summed E-state index contributed by atoms with van der Waals surface area (Å²) >= 11 is 0. The van der Waals surface area contributed by atoms with E-state index in [0.717, 1.165) is 32.1 Å². The molecule has 2 N–H and O–H groups in total. The summed E-state index contributed by atoms with van der Waals surface area (Å²) in [7, 11) is 0. The van der Waals surface area contributed by atoms with Crippen LogP contribution < -0.4 is 0 Å². The summed E-state index contributed by atoms with van der Waals surface area (Å²) in [6.07, 6.45) is 0.329. The normalized spacial score (nSPS) is 16.0. The van der Waals surface area contributed by atoms with Gasteiger partial charge in [0.25, 0.3) is 5.84 Å². The Morgan fingerprint density at radius 2 is 1.95 bits per heavy atom. The van der Waals surface area contributed by atoms with Gasteiger partial charge in [0, 0.05) is 0 Å². The molecule has 1 heterocycles. The molecule has 0 saturated carbocycles. The fourth-order valence-electron chi connectivity index (χ4n) is 2.77. The summed E-state index contributed by atoms with van der Waals surface area (Å²) in [5, 5.41) is 33.0. The van der Waals surface area contributed by atoms with E-state index in [1.54, 1.807) is 0 Å². The van der Waals surface area contributed by atoms with Crippen molar-refractivity contribution in [3.63, 3.8) is 0 Å². The highest BCUT2D eigenvalue weighted by Crippen LogP contribution is 2.36. The molecule has 5 heteroatoms. The minimum Gasteiger partial charge on any atom is -0.715 e. The lowest BCUT2D eigenvalue weighted by atomic mass is 9.82. The Balaban J connectivity index is 2.47. The van der Waals surface area contributed by atoms with E-state index in [2.05, 4.69) is 20.8 Å². The third-order valence-corrected chi connectivity index (χ3v) is 4.14. The Labute approximate surface area is 125 Å². The maximum atomic E-state index is 11.7. The van der Waals surface area contributed by atoms with Crippen molar-refractivity contribution in [2.75, 3.05) is 13.1 Å². The van der Waals surface area contributed by atoms with Crippen LogP contribution in [0.25, 0.3) is 0 Å². The molecule has 21 heavy (non-hydrogen) atoms. The largest absolute Gasteiger partial charge is 0.715 e. The maximum absolute atomic E-state index is 11.7. The van der Waals surface area contributed by atoms with Gasteiger partial charge in [-0.1, -0.05) is 26.8 Å². The average molecular weight is 292 g/mol. The lowest BCUT2D eigenvalue weighted by molar-refractivity contribution is -0.447. The van der Waals surface area contributed by atoms with Crippen LogP contribution in [0.1, 0.15) is 43.0 Å². The third-order valence-electron chi connectivity index (χ3n) is 4.14. The van der Waals surface area contributed by atoms with Gasteiger partial charge in [-0.15, -0.1) is 5.06 Å². The van der Waals surface area contributed by atoms with Crippen molar-refractivity contribution < 1.29 is 15.1 Å². The zero-order chi connectivity index (χ0) is 15.9. The van der Waals surface area contributed by atoms with Crippen LogP contribution in [-0.2, 0) is 11.8 Å². The van der Waals surface area contributed by atoms with Gasteiger partial charge in [0.2, 0.25) is 0 Å². The minimum atomic E-state index is -0.147. The van der Waals surface area contributed by atoms with Crippen LogP contribution in [-0.4, -0.2) is 39.0 Å². The molecule has 0 amide bonds. The minimum absolute atomic E-state index is 0.147. The SMILES string of the molecule is Cc1cc(C(C)(C)C)c(O)c(C)c1CC1=[N+]([O-])CCN1O. The van der Waals surface area contributed by atoms with E-state index in [1.165, 1.54) is 0 Å². The smallest absolute Gasteiger partial charge is 0.284 e. The molecule has 0 spiro atoms. The van der Waals surface area contributed by atoms with Gasteiger partial charge in [0.05, 0.1) is 6.42 Å². The second-order valence-electron chi connectivity index (χ2n) is 6.76. The van der Waals surface area contributed by atoms with Crippen LogP contribution in [0.5, 0.6) is 5.75 Å². The van der Waals surface area contributed by atoms with E-state index in [-0.39, 0.29) is 17.7 Å². The quantitative estimate of drug-likeness (QED) is 0.649. The molecule has 0 atom stereocenters. The zero-order valence-electron chi connectivity index (χ0n) is 13.4. The molecule has 1 aromatic rings. The van der Waals surface area contributed by atoms with Crippen LogP contribution >= 0.6 is 0 Å². The van der Waals surface area contributed by atoms with Crippen molar-refractivity contribution in [1.29, 1.82) is 0 Å². The van der Waals surface area contributed by atoms with Gasteiger partial charge in [-0.05, 0) is 41.5 Å². The summed E-state index contributed by atoms with van der Waals surface area (Å²) < 4.78 is 0.813. The third kappa shape index (κ3) is 2.83. The molecule has 0 saturated heterocycles. The second-order valence-corrected chi connectivity index (χ2v) is 6.76. The van der Waals surface area contributed by atoms with Crippen molar-refractivity contribution in [1.82, 2.24) is 5.06 Å². The van der Waals surface area contributed by atoms with Crippen molar-refractivity contribution >= 4 is 5.84 Å². The molecule has 5 nitrogen and oxygen atoms in total. The number of benzene rings is 1. The van der Waals surface area contributed by atoms with Crippen LogP contribution in [0.3, 0.4) is 0 Å². The van der Waals surface area contributed by atoms with Crippen LogP contribution in [0.4, 0.5) is 0 Å². The number of hydrogen-bond donors (Lipinski definition) is 2. The summed E-state index contributed by atoms with van der Waals surface area (Å²) in [4.78, 5) is 0. The molecule has 116 valence electrons. The molecular formula is C16H24N2O3. The van der Waals surface area contributed by atoms with Gasteiger partial charge in [0.15, 0.2) is 6.54 Å². The van der Waals surface area contributed by atoms with E-state index in [0.29, 0.717) is 18.8 Å². The molecule has 0 radical (unpaired) electrons. The summed E-state index contributed by atoms with van der Waals surface area (Å²) in [5.74, 6) is 0.618. The number of nitrogens with zero attached hydrogens (tertiary/aromatic N) is 2. The van der Waals surface area contributed by atoms with Crippen molar-refractivity contribution in [3.8, 4) is 5.75 Å². The maximum Gasteiger partial charge on any atom is 0.284 e. The zero-order valence-corrected chi connectivity index (χ0v) is 13.4. The molecule has 0 fully saturated rings. The fourth-order valence-corrected chi connectivity index (χ4v) is 2.77. The number of hydrogen-bond acceptors (Lipinski definition) is 4. The topological polar surface area (TPSA) is 69.8 Å². The Morgan fingerprint density at radius 1 is 1.33 bits per heavy atom. The first kappa shape index (κ1) is 15.6. The van der Waals surface area contributed by atoms with Gasteiger partial charge in [-0.25, -0.2) is 5.21 Å². The molecule has 1 aliphatic heterocycles. The average Bonchev–Trinajstić information content (AvgIpc) is 2.68. The first-order valence-electron chi connectivity index (χ1n) is 7.22. The van der Waals surface area contributed by atoms with Crippen molar-refractivity contribution in [3.05, 3.63) is 33.5 Å². The number of phenols is 1. The van der Waals surface area contributed by atoms with E-state index in [4.69, 9.17) is 0 Å². The number of amidine groups is 1. The molecular weight excluding hydrogens is 268 g/mol. The second kappa shape index (κ2) is 5.22. The first-order chi connectivity index (χ1) is 9.62. The number of aromatic hydroxyl groups is 1. The lowest BCUT2D eigenvalue weighted by Gasteiger charge is -2.24. The predicted molar refractivity (Wildman–Crippen MR) is 82.0 cm³/mol. The molecule has 0 aliphatic carbocycles. The standard InChI is InChI=1S/C16H24N2O3/c1-10-8-13(16(3,4)5)15(19)11(2)12(10)9-14-17(20)6-7-18(14)21/h8,19-20H,6-7,9H2,1-5H3. The summed E-state index contributed by atoms with van der Waals surface area (Å²) in [5.41, 5.74) is 3.46. The van der Waals surface area contributed by atoms with Gasteiger partial charge in [-0.2, -0.15) is 0 Å². The molecule has 2 rings (SSSR count). The highest BCUT2D eigenvalue weighted by Gasteiger charge is 2.29. The molecule has 0 aromatic heterocycles. The number of phenolic OH excluding ortho intramolecular Hbond substituents is 1. The number of aryl methyl sites for hydroxylation is 1. The highest BCUT2D eigenvalue weighted by atomic mass is 16.5. The van der Waals surface area contributed by atoms with E-state index in [1.807, 2.05) is 19.9 Å². The summed E-state index contributed by atoms with van der Waals surface area (Å²) in [6, 6.07) is 1.98. The van der Waals surface area contributed by atoms with Gasteiger partial charge >= 0.3 is 0 Å². The van der Waals surface area contributed by atoms with Crippen LogP contribution in [0.15, 0.2) is 6.07 Å². The van der Waals surface area contributed by atoms with Crippen molar-refractivity contribution in [2.24, 2.45) is 0 Å². The van der Waals surface area contributed by atoms with Crippen LogP contribution in [0.2, 0.25) is 0 Å². The monoisotopic (exact) mass is 292 g/mol. The first-order valence-corrected chi connectivity index (χ1v) is 7.22. The fraction of sp³-hybridized carbons (Fsp3) is 0.562. The Morgan fingerprint density at radius 3 is 2.43 bits per heavy atom. The van der Waals surface area contributed by atoms with Gasteiger partial charge in [-0.3, -0.25) is 4.74 Å². The lowest BCUT2D eigenvalue weighted by Crippen LogP contribution is -2.28. The molecule has 1 aromatic carbocycles. The Kier molecular flexibility index (Phi) is 3.89. The number of hydroxylamine groups is 3. The van der Waals surface area contributed by atoms with Gasteiger partial charge < -0.3 is 10.3 Å². The molecule has 1 aliphatic rings. The van der Waals surface area contributed by atoms with Crippen molar-refractivity contribution in [2.45, 2.75) is 46.5 Å². The Bertz CT molecular complexity index is 601. The van der Waals surface area contributed by atoms with E-state index in [9.17, 15) is 15.5 Å². The molecule has 0 bridgehead atoms. The van der Waals surface area contributed by atoms with E-state index < -0.39 is 0 Å². The molecule has 0 unspecified atom stereocenters. The van der Waals surface area contributed by atoms with Gasteiger partial charge in [0.1, 0.15) is 12.3 Å². The van der Waals surface area contributed by atoms with E-state index >= 15 is 0 Å². The summed E-state index contributed by atoms with van der Waals surface area (Å²) in [6.45, 7) is 10.6. The predicted octanol–water partition coefficient (Wildman–Crippen LogP) is 2.46. The van der Waals surface area contributed by atoms with Crippen LogP contribution in [0, 0.1) is 19.1 Å². The highest BCUT2D eigenvalue weighted by molar-refractivity contribution is 5.81. The Hall–Kier alpha value is -1.75.